The van der Waals surface area contributed by atoms with Gasteiger partial charge in [0.15, 0.2) is 0 Å². The fraction of sp³-hybridized carbons (Fsp3) is 0.571. The van der Waals surface area contributed by atoms with E-state index in [0.717, 1.165) is 18.7 Å². The van der Waals surface area contributed by atoms with Gasteiger partial charge >= 0.3 is 0 Å². The lowest BCUT2D eigenvalue weighted by molar-refractivity contribution is 0.382. The van der Waals surface area contributed by atoms with Gasteiger partial charge in [0.1, 0.15) is 5.75 Å². The zero-order valence-corrected chi connectivity index (χ0v) is 11.3. The van der Waals surface area contributed by atoms with Crippen molar-refractivity contribution in [3.63, 3.8) is 0 Å². The number of hydrogen-bond donors (Lipinski definition) is 2. The summed E-state index contributed by atoms with van der Waals surface area (Å²) in [6.07, 6.45) is 1.01. The minimum Gasteiger partial charge on any atom is -0.496 e. The van der Waals surface area contributed by atoms with E-state index >= 15 is 0 Å². The number of ether oxygens (including phenoxy) is 1. The van der Waals surface area contributed by atoms with Gasteiger partial charge < -0.3 is 15.8 Å². The number of methoxy groups -OCH3 is 1. The second-order valence-electron chi connectivity index (χ2n) is 5.07. The standard InChI is InChI=1S/C14H24N2O/c1-5-12(16-10-14(2,3)15)11-8-6-7-9-13(11)17-4/h6-9,12,16H,5,10,15H2,1-4H3. The molecule has 3 nitrogen and oxygen atoms in total. The Hall–Kier alpha value is -1.06. The minimum absolute atomic E-state index is 0.199. The molecule has 0 aliphatic carbocycles. The number of benzene rings is 1. The molecule has 0 spiro atoms. The van der Waals surface area contributed by atoms with E-state index in [2.05, 4.69) is 18.3 Å². The maximum atomic E-state index is 5.99. The topological polar surface area (TPSA) is 47.3 Å². The summed E-state index contributed by atoms with van der Waals surface area (Å²) in [5, 5.41) is 3.50. The van der Waals surface area contributed by atoms with Crippen molar-refractivity contribution in [2.24, 2.45) is 5.73 Å². The molecular formula is C14H24N2O. The Morgan fingerprint density at radius 2 is 2.00 bits per heavy atom. The van der Waals surface area contributed by atoms with E-state index in [4.69, 9.17) is 10.5 Å². The number of nitrogens with two attached hydrogens (primary N) is 1. The van der Waals surface area contributed by atoms with Crippen LogP contribution in [-0.2, 0) is 0 Å². The number of rotatable bonds is 6. The second-order valence-corrected chi connectivity index (χ2v) is 5.07. The number of para-hydroxylation sites is 1. The van der Waals surface area contributed by atoms with Crippen molar-refractivity contribution in [2.45, 2.75) is 38.8 Å². The Labute approximate surface area is 104 Å². The highest BCUT2D eigenvalue weighted by Gasteiger charge is 2.17. The molecule has 17 heavy (non-hydrogen) atoms. The van der Waals surface area contributed by atoms with Crippen molar-refractivity contribution in [1.82, 2.24) is 5.32 Å². The lowest BCUT2D eigenvalue weighted by Gasteiger charge is -2.25. The molecule has 0 bridgehead atoms. The summed E-state index contributed by atoms with van der Waals surface area (Å²) in [6.45, 7) is 6.99. The van der Waals surface area contributed by atoms with E-state index in [9.17, 15) is 0 Å². The summed E-state index contributed by atoms with van der Waals surface area (Å²) in [6, 6.07) is 8.41. The molecule has 0 aromatic heterocycles. The third kappa shape index (κ3) is 4.36. The molecule has 0 fully saturated rings. The van der Waals surface area contributed by atoms with Crippen LogP contribution in [0.4, 0.5) is 0 Å². The summed E-state index contributed by atoms with van der Waals surface area (Å²) < 4.78 is 5.39. The predicted octanol–water partition coefficient (Wildman–Crippen LogP) is 2.47. The molecule has 3 heteroatoms. The highest BCUT2D eigenvalue weighted by Crippen LogP contribution is 2.26. The van der Waals surface area contributed by atoms with Crippen LogP contribution in [0, 0.1) is 0 Å². The van der Waals surface area contributed by atoms with Crippen molar-refractivity contribution in [1.29, 1.82) is 0 Å². The zero-order valence-electron chi connectivity index (χ0n) is 11.3. The fourth-order valence-corrected chi connectivity index (χ4v) is 1.81. The van der Waals surface area contributed by atoms with Crippen LogP contribution in [0.1, 0.15) is 38.8 Å². The lowest BCUT2D eigenvalue weighted by Crippen LogP contribution is -2.44. The van der Waals surface area contributed by atoms with Crippen LogP contribution in [-0.4, -0.2) is 19.2 Å². The van der Waals surface area contributed by atoms with Crippen LogP contribution >= 0.6 is 0 Å². The molecule has 0 aliphatic rings. The number of nitrogens with one attached hydrogen (secondary N) is 1. The first-order chi connectivity index (χ1) is 7.98. The third-order valence-electron chi connectivity index (χ3n) is 2.73. The average molecular weight is 236 g/mol. The van der Waals surface area contributed by atoms with Crippen LogP contribution in [0.2, 0.25) is 0 Å². The van der Waals surface area contributed by atoms with Crippen LogP contribution in [0.5, 0.6) is 5.75 Å². The Bertz CT molecular complexity index is 344. The van der Waals surface area contributed by atoms with Gasteiger partial charge in [-0.3, -0.25) is 0 Å². The van der Waals surface area contributed by atoms with Gasteiger partial charge in [0.05, 0.1) is 7.11 Å². The Balaban J connectivity index is 2.79. The monoisotopic (exact) mass is 236 g/mol. The molecule has 3 N–H and O–H groups in total. The average Bonchev–Trinajstić information content (AvgIpc) is 2.29. The van der Waals surface area contributed by atoms with Crippen LogP contribution < -0.4 is 15.8 Å². The van der Waals surface area contributed by atoms with Crippen molar-refractivity contribution in [3.8, 4) is 5.75 Å². The van der Waals surface area contributed by atoms with Gasteiger partial charge in [-0.2, -0.15) is 0 Å². The van der Waals surface area contributed by atoms with Gasteiger partial charge in [0.2, 0.25) is 0 Å². The van der Waals surface area contributed by atoms with Gasteiger partial charge in [-0.1, -0.05) is 25.1 Å². The predicted molar refractivity (Wildman–Crippen MR) is 72.3 cm³/mol. The Kier molecular flexibility index (Phi) is 4.97. The van der Waals surface area contributed by atoms with Crippen molar-refractivity contribution in [2.75, 3.05) is 13.7 Å². The first kappa shape index (κ1) is 14.0. The molecule has 0 saturated heterocycles. The summed E-state index contributed by atoms with van der Waals surface area (Å²) in [5.41, 5.74) is 6.99. The maximum Gasteiger partial charge on any atom is 0.123 e. The molecule has 0 heterocycles. The normalized spacial score (nSPS) is 13.5. The highest BCUT2D eigenvalue weighted by molar-refractivity contribution is 5.35. The van der Waals surface area contributed by atoms with Crippen molar-refractivity contribution in [3.05, 3.63) is 29.8 Å². The Morgan fingerprint density at radius 3 is 2.53 bits per heavy atom. The van der Waals surface area contributed by atoms with Gasteiger partial charge in [0.25, 0.3) is 0 Å². The zero-order chi connectivity index (χ0) is 12.9. The van der Waals surface area contributed by atoms with Crippen molar-refractivity contribution >= 4 is 0 Å². The molecule has 96 valence electrons. The molecule has 0 aliphatic heterocycles. The molecule has 1 unspecified atom stereocenters. The van der Waals surface area contributed by atoms with Gasteiger partial charge in [0, 0.05) is 23.7 Å². The van der Waals surface area contributed by atoms with E-state index in [1.165, 1.54) is 5.56 Å². The summed E-state index contributed by atoms with van der Waals surface area (Å²) in [5.74, 6) is 0.932. The maximum absolute atomic E-state index is 5.99. The second kappa shape index (κ2) is 6.03. The van der Waals surface area contributed by atoms with Gasteiger partial charge in [-0.15, -0.1) is 0 Å². The van der Waals surface area contributed by atoms with Gasteiger partial charge in [-0.25, -0.2) is 0 Å². The van der Waals surface area contributed by atoms with Gasteiger partial charge in [-0.05, 0) is 26.3 Å². The first-order valence-corrected chi connectivity index (χ1v) is 6.13. The molecule has 0 radical (unpaired) electrons. The van der Waals surface area contributed by atoms with E-state index in [1.807, 2.05) is 32.0 Å². The van der Waals surface area contributed by atoms with E-state index in [-0.39, 0.29) is 11.6 Å². The fourth-order valence-electron chi connectivity index (χ4n) is 1.81. The quantitative estimate of drug-likeness (QED) is 0.797. The minimum atomic E-state index is -0.199. The van der Waals surface area contributed by atoms with Crippen LogP contribution in [0.25, 0.3) is 0 Å². The summed E-state index contributed by atoms with van der Waals surface area (Å²) >= 11 is 0. The van der Waals surface area contributed by atoms with E-state index < -0.39 is 0 Å². The lowest BCUT2D eigenvalue weighted by atomic mass is 10.0. The van der Waals surface area contributed by atoms with Crippen molar-refractivity contribution < 1.29 is 4.74 Å². The largest absolute Gasteiger partial charge is 0.496 e. The number of hydrogen-bond acceptors (Lipinski definition) is 3. The Morgan fingerprint density at radius 1 is 1.35 bits per heavy atom. The third-order valence-corrected chi connectivity index (χ3v) is 2.73. The smallest absolute Gasteiger partial charge is 0.123 e. The molecular weight excluding hydrogens is 212 g/mol. The van der Waals surface area contributed by atoms with E-state index in [1.54, 1.807) is 7.11 Å². The summed E-state index contributed by atoms with van der Waals surface area (Å²) in [7, 11) is 1.71. The molecule has 1 rings (SSSR count). The SMILES string of the molecule is CCC(NCC(C)(C)N)c1ccccc1OC. The van der Waals surface area contributed by atoms with E-state index in [0.29, 0.717) is 0 Å². The van der Waals surface area contributed by atoms with Crippen LogP contribution in [0.15, 0.2) is 24.3 Å². The molecule has 0 amide bonds. The molecule has 1 aromatic carbocycles. The van der Waals surface area contributed by atoms with Crippen LogP contribution in [0.3, 0.4) is 0 Å². The molecule has 0 saturated carbocycles. The molecule has 1 atom stereocenters. The molecule has 1 aromatic rings. The highest BCUT2D eigenvalue weighted by atomic mass is 16.5. The summed E-state index contributed by atoms with van der Waals surface area (Å²) in [4.78, 5) is 0. The first-order valence-electron chi connectivity index (χ1n) is 6.13.